The van der Waals surface area contributed by atoms with Gasteiger partial charge in [-0.1, -0.05) is 19.8 Å². The lowest BCUT2D eigenvalue weighted by Gasteiger charge is -2.11. The van der Waals surface area contributed by atoms with Crippen molar-refractivity contribution in [1.29, 1.82) is 0 Å². The molecule has 0 amide bonds. The van der Waals surface area contributed by atoms with Crippen molar-refractivity contribution in [3.8, 4) is 12.3 Å². The van der Waals surface area contributed by atoms with Crippen LogP contribution in [0.3, 0.4) is 0 Å². The van der Waals surface area contributed by atoms with Gasteiger partial charge in [-0.05, 0) is 12.3 Å². The molecule has 62 valence electrons. The molecule has 0 aromatic rings. The fourth-order valence-corrected chi connectivity index (χ4v) is 0.700. The van der Waals surface area contributed by atoms with E-state index in [2.05, 4.69) is 10.7 Å². The van der Waals surface area contributed by atoms with Crippen molar-refractivity contribution in [2.45, 2.75) is 26.4 Å². The van der Waals surface area contributed by atoms with Crippen LogP contribution in [-0.2, 0) is 4.74 Å². The number of ether oxygens (including phenoxy) is 1. The molecule has 0 aromatic carbocycles. The molecule has 0 aliphatic carbocycles. The predicted molar refractivity (Wildman–Crippen MR) is 41.2 cm³/mol. The van der Waals surface area contributed by atoms with Crippen molar-refractivity contribution in [3.63, 3.8) is 0 Å². The maximum atomic E-state index is 10.0. The first-order chi connectivity index (χ1) is 5.06. The van der Waals surface area contributed by atoms with Crippen LogP contribution in [0.4, 0.5) is 4.79 Å². The van der Waals surface area contributed by atoms with Gasteiger partial charge in [0.15, 0.2) is 6.10 Å². The van der Waals surface area contributed by atoms with Gasteiger partial charge in [0, 0.05) is 0 Å². The fraction of sp³-hybridized carbons (Fsp3) is 0.625. The zero-order valence-corrected chi connectivity index (χ0v) is 6.70. The zero-order chi connectivity index (χ0) is 8.85. The molecule has 0 heterocycles. The zero-order valence-electron chi connectivity index (χ0n) is 6.70. The molecule has 3 nitrogen and oxygen atoms in total. The molecule has 0 rings (SSSR count). The minimum absolute atomic E-state index is 0.343. The van der Waals surface area contributed by atoms with Gasteiger partial charge in [-0.25, -0.2) is 4.79 Å². The Kier molecular flexibility index (Phi) is 4.12. The summed E-state index contributed by atoms with van der Waals surface area (Å²) in [5.41, 5.74) is 0. The molecule has 0 aromatic heterocycles. The molecular formula is C8H12O3. The van der Waals surface area contributed by atoms with Gasteiger partial charge in [-0.2, -0.15) is 0 Å². The number of hydrogen-bond acceptors (Lipinski definition) is 2. The first kappa shape index (κ1) is 9.83. The van der Waals surface area contributed by atoms with Gasteiger partial charge >= 0.3 is 6.16 Å². The molecule has 0 bridgehead atoms. The fourth-order valence-electron chi connectivity index (χ4n) is 0.700. The molecule has 0 saturated heterocycles. The van der Waals surface area contributed by atoms with Crippen LogP contribution in [0, 0.1) is 18.3 Å². The average Bonchev–Trinajstić information content (AvgIpc) is 1.84. The lowest BCUT2D eigenvalue weighted by Crippen LogP contribution is -2.16. The molecular weight excluding hydrogens is 144 g/mol. The number of carboxylic acid groups (broad SMARTS) is 1. The Morgan fingerprint density at radius 1 is 1.73 bits per heavy atom. The molecule has 3 heteroatoms. The smallest absolute Gasteiger partial charge is 0.450 e. The standard InChI is InChI=1S/C8H12O3/c1-4-7(5-6(2)3)11-8(9)10/h1,6-7H,5H2,2-3H3,(H,9,10). The highest BCUT2D eigenvalue weighted by Crippen LogP contribution is 2.07. The molecule has 0 fully saturated rings. The van der Waals surface area contributed by atoms with E-state index in [1.807, 2.05) is 13.8 Å². The average molecular weight is 156 g/mol. The molecule has 0 spiro atoms. The summed E-state index contributed by atoms with van der Waals surface area (Å²) in [5.74, 6) is 2.60. The summed E-state index contributed by atoms with van der Waals surface area (Å²) in [7, 11) is 0. The molecule has 1 N–H and O–H groups in total. The topological polar surface area (TPSA) is 46.5 Å². The second kappa shape index (κ2) is 4.62. The SMILES string of the molecule is C#CC(CC(C)C)OC(=O)O. The maximum Gasteiger partial charge on any atom is 0.507 e. The first-order valence-corrected chi connectivity index (χ1v) is 3.42. The summed E-state index contributed by atoms with van der Waals surface area (Å²) >= 11 is 0. The Hall–Kier alpha value is -1.17. The van der Waals surface area contributed by atoms with Crippen LogP contribution < -0.4 is 0 Å². The Morgan fingerprint density at radius 3 is 2.55 bits per heavy atom. The number of carbonyl (C=O) groups is 1. The summed E-state index contributed by atoms with van der Waals surface area (Å²) in [4.78, 5) is 10.0. The molecule has 1 unspecified atom stereocenters. The molecule has 0 radical (unpaired) electrons. The van der Waals surface area contributed by atoms with Crippen molar-refractivity contribution in [2.75, 3.05) is 0 Å². The Morgan fingerprint density at radius 2 is 2.27 bits per heavy atom. The Labute approximate surface area is 66.4 Å². The first-order valence-electron chi connectivity index (χ1n) is 3.42. The Bertz CT molecular complexity index is 167. The third-order valence-electron chi connectivity index (χ3n) is 1.11. The van der Waals surface area contributed by atoms with E-state index in [1.165, 1.54) is 0 Å². The largest absolute Gasteiger partial charge is 0.507 e. The quantitative estimate of drug-likeness (QED) is 0.500. The van der Waals surface area contributed by atoms with Crippen LogP contribution in [0.2, 0.25) is 0 Å². The highest BCUT2D eigenvalue weighted by atomic mass is 16.7. The van der Waals surface area contributed by atoms with Crippen LogP contribution >= 0.6 is 0 Å². The van der Waals surface area contributed by atoms with Crippen molar-refractivity contribution in [1.82, 2.24) is 0 Å². The maximum absolute atomic E-state index is 10.0. The van der Waals surface area contributed by atoms with Crippen LogP contribution in [0.1, 0.15) is 20.3 Å². The minimum Gasteiger partial charge on any atom is -0.450 e. The third kappa shape index (κ3) is 5.28. The summed E-state index contributed by atoms with van der Waals surface area (Å²) < 4.78 is 4.39. The monoisotopic (exact) mass is 156 g/mol. The summed E-state index contributed by atoms with van der Waals surface area (Å²) in [6.45, 7) is 3.91. The summed E-state index contributed by atoms with van der Waals surface area (Å²) in [5, 5.41) is 8.21. The van der Waals surface area contributed by atoms with E-state index in [9.17, 15) is 4.79 Å². The van der Waals surface area contributed by atoms with Crippen molar-refractivity contribution in [2.24, 2.45) is 5.92 Å². The minimum atomic E-state index is -1.31. The molecule has 0 aliphatic rings. The van der Waals surface area contributed by atoms with Crippen molar-refractivity contribution < 1.29 is 14.6 Å². The highest BCUT2D eigenvalue weighted by Gasteiger charge is 2.11. The van der Waals surface area contributed by atoms with Crippen LogP contribution in [0.15, 0.2) is 0 Å². The Balaban J connectivity index is 3.79. The number of terminal acetylenes is 1. The van der Waals surface area contributed by atoms with E-state index in [1.54, 1.807) is 0 Å². The summed E-state index contributed by atoms with van der Waals surface area (Å²) in [6.07, 6.45) is 3.69. The number of rotatable bonds is 3. The lowest BCUT2D eigenvalue weighted by molar-refractivity contribution is 0.0654. The van der Waals surface area contributed by atoms with Crippen molar-refractivity contribution >= 4 is 6.16 Å². The molecule has 0 aliphatic heterocycles. The van der Waals surface area contributed by atoms with Crippen LogP contribution in [-0.4, -0.2) is 17.4 Å². The van der Waals surface area contributed by atoms with E-state index in [-0.39, 0.29) is 0 Å². The molecule has 1 atom stereocenters. The van der Waals surface area contributed by atoms with E-state index < -0.39 is 12.3 Å². The van der Waals surface area contributed by atoms with Gasteiger partial charge in [0.2, 0.25) is 0 Å². The van der Waals surface area contributed by atoms with E-state index in [0.717, 1.165) is 0 Å². The summed E-state index contributed by atoms with van der Waals surface area (Å²) in [6, 6.07) is 0. The third-order valence-corrected chi connectivity index (χ3v) is 1.11. The highest BCUT2D eigenvalue weighted by molar-refractivity contribution is 5.57. The van der Waals surface area contributed by atoms with Crippen molar-refractivity contribution in [3.05, 3.63) is 0 Å². The normalized spacial score (nSPS) is 12.2. The van der Waals surface area contributed by atoms with E-state index in [0.29, 0.717) is 12.3 Å². The molecule has 11 heavy (non-hydrogen) atoms. The van der Waals surface area contributed by atoms with Gasteiger partial charge in [0.05, 0.1) is 0 Å². The second-order valence-electron chi connectivity index (χ2n) is 2.67. The van der Waals surface area contributed by atoms with Gasteiger partial charge in [0.25, 0.3) is 0 Å². The van der Waals surface area contributed by atoms with Crippen LogP contribution in [0.5, 0.6) is 0 Å². The molecule has 0 saturated carbocycles. The van der Waals surface area contributed by atoms with E-state index >= 15 is 0 Å². The second-order valence-corrected chi connectivity index (χ2v) is 2.67. The van der Waals surface area contributed by atoms with Crippen LogP contribution in [0.25, 0.3) is 0 Å². The predicted octanol–water partition coefficient (Wildman–Crippen LogP) is 1.73. The van der Waals surface area contributed by atoms with Gasteiger partial charge in [-0.3, -0.25) is 0 Å². The van der Waals surface area contributed by atoms with Gasteiger partial charge < -0.3 is 9.84 Å². The lowest BCUT2D eigenvalue weighted by atomic mass is 10.1. The number of hydrogen-bond donors (Lipinski definition) is 1. The van der Waals surface area contributed by atoms with Gasteiger partial charge in [-0.15, -0.1) is 6.42 Å². The van der Waals surface area contributed by atoms with Gasteiger partial charge in [0.1, 0.15) is 0 Å². The van der Waals surface area contributed by atoms with E-state index in [4.69, 9.17) is 11.5 Å².